The lowest BCUT2D eigenvalue weighted by molar-refractivity contribution is 0.0592. The van der Waals surface area contributed by atoms with Crippen LogP contribution in [-0.2, 0) is 5.60 Å². The largest absolute Gasteiger partial charge is 0.384 e. The lowest BCUT2D eigenvalue weighted by atomic mass is 9.96. The first-order chi connectivity index (χ1) is 9.47. The summed E-state index contributed by atoms with van der Waals surface area (Å²) in [5, 5.41) is 15.9. The molecule has 1 saturated carbocycles. The number of carbonyl (C=O) groups excluding carboxylic acids is 1. The van der Waals surface area contributed by atoms with Gasteiger partial charge in [0.25, 0.3) is 0 Å². The van der Waals surface area contributed by atoms with E-state index in [2.05, 4.69) is 10.6 Å². The number of halogens is 1. The van der Waals surface area contributed by atoms with Gasteiger partial charge in [-0.3, -0.25) is 0 Å². The summed E-state index contributed by atoms with van der Waals surface area (Å²) in [6.45, 7) is 1.67. The first-order valence-electron chi connectivity index (χ1n) is 7.00. The molecule has 0 aromatic heterocycles. The number of urea groups is 1. The van der Waals surface area contributed by atoms with Gasteiger partial charge in [0.05, 0.1) is 6.54 Å². The molecule has 2 rings (SSSR count). The fourth-order valence-corrected chi connectivity index (χ4v) is 2.47. The molecule has 1 aromatic carbocycles. The third-order valence-electron chi connectivity index (χ3n) is 3.75. The predicted molar refractivity (Wildman–Crippen MR) is 74.8 cm³/mol. The van der Waals surface area contributed by atoms with Gasteiger partial charge in [0.2, 0.25) is 0 Å². The van der Waals surface area contributed by atoms with Crippen LogP contribution in [0.2, 0.25) is 0 Å². The maximum absolute atomic E-state index is 12.9. The monoisotopic (exact) mass is 280 g/mol. The Bertz CT molecular complexity index is 453. The van der Waals surface area contributed by atoms with Crippen LogP contribution in [0.15, 0.2) is 24.3 Å². The number of nitrogens with one attached hydrogen (secondary N) is 2. The molecule has 0 spiro atoms. The standard InChI is InChI=1S/C15H21FN2O2/c1-15(20,11-6-8-12(16)9-7-11)10-17-14(19)18-13-4-2-3-5-13/h6-9,13,20H,2-5,10H2,1H3,(H2,17,18,19). The zero-order valence-electron chi connectivity index (χ0n) is 11.7. The molecular weight excluding hydrogens is 259 g/mol. The SMILES string of the molecule is CC(O)(CNC(=O)NC1CCCC1)c1ccc(F)cc1. The summed E-state index contributed by atoms with van der Waals surface area (Å²) in [6.07, 6.45) is 4.33. The Morgan fingerprint density at radius 1 is 1.35 bits per heavy atom. The van der Waals surface area contributed by atoms with Crippen molar-refractivity contribution in [3.8, 4) is 0 Å². The fraction of sp³-hybridized carbons (Fsp3) is 0.533. The highest BCUT2D eigenvalue weighted by atomic mass is 19.1. The summed E-state index contributed by atoms with van der Waals surface area (Å²) in [7, 11) is 0. The Labute approximate surface area is 118 Å². The van der Waals surface area contributed by atoms with Crippen LogP contribution in [0.5, 0.6) is 0 Å². The van der Waals surface area contributed by atoms with Gasteiger partial charge in [-0.2, -0.15) is 0 Å². The molecule has 1 unspecified atom stereocenters. The molecule has 1 aliphatic carbocycles. The number of aliphatic hydroxyl groups is 1. The number of rotatable bonds is 4. The number of hydrogen-bond donors (Lipinski definition) is 3. The minimum absolute atomic E-state index is 0.0805. The summed E-state index contributed by atoms with van der Waals surface area (Å²) >= 11 is 0. The molecule has 20 heavy (non-hydrogen) atoms. The van der Waals surface area contributed by atoms with E-state index >= 15 is 0 Å². The number of carbonyl (C=O) groups is 1. The van der Waals surface area contributed by atoms with Gasteiger partial charge in [0.1, 0.15) is 11.4 Å². The average molecular weight is 280 g/mol. The van der Waals surface area contributed by atoms with Crippen molar-refractivity contribution >= 4 is 6.03 Å². The first kappa shape index (κ1) is 14.8. The quantitative estimate of drug-likeness (QED) is 0.792. The van der Waals surface area contributed by atoms with E-state index in [1.807, 2.05) is 0 Å². The van der Waals surface area contributed by atoms with E-state index in [9.17, 15) is 14.3 Å². The Balaban J connectivity index is 1.84. The van der Waals surface area contributed by atoms with Gasteiger partial charge in [-0.1, -0.05) is 25.0 Å². The van der Waals surface area contributed by atoms with Gasteiger partial charge in [0, 0.05) is 6.04 Å². The molecule has 1 aliphatic rings. The Kier molecular flexibility index (Phi) is 4.60. The third-order valence-corrected chi connectivity index (χ3v) is 3.75. The topological polar surface area (TPSA) is 61.4 Å². The lowest BCUT2D eigenvalue weighted by Crippen LogP contribution is -2.46. The zero-order valence-corrected chi connectivity index (χ0v) is 11.7. The summed E-state index contributed by atoms with van der Waals surface area (Å²) < 4.78 is 12.9. The highest BCUT2D eigenvalue weighted by molar-refractivity contribution is 5.74. The molecule has 0 bridgehead atoms. The molecule has 5 heteroatoms. The average Bonchev–Trinajstić information content (AvgIpc) is 2.90. The van der Waals surface area contributed by atoms with Crippen molar-refractivity contribution in [2.24, 2.45) is 0 Å². The Hall–Kier alpha value is -1.62. The van der Waals surface area contributed by atoms with E-state index in [1.54, 1.807) is 6.92 Å². The summed E-state index contributed by atoms with van der Waals surface area (Å²) in [5.41, 5.74) is -0.652. The van der Waals surface area contributed by atoms with Gasteiger partial charge >= 0.3 is 6.03 Å². The van der Waals surface area contributed by atoms with E-state index < -0.39 is 5.60 Å². The van der Waals surface area contributed by atoms with Crippen molar-refractivity contribution in [2.45, 2.75) is 44.2 Å². The molecule has 1 fully saturated rings. The van der Waals surface area contributed by atoms with Crippen molar-refractivity contribution in [3.05, 3.63) is 35.6 Å². The number of hydrogen-bond acceptors (Lipinski definition) is 2. The zero-order chi connectivity index (χ0) is 14.6. The molecular formula is C15H21FN2O2. The highest BCUT2D eigenvalue weighted by Crippen LogP contribution is 2.20. The van der Waals surface area contributed by atoms with Crippen molar-refractivity contribution < 1.29 is 14.3 Å². The predicted octanol–water partition coefficient (Wildman–Crippen LogP) is 2.28. The van der Waals surface area contributed by atoms with E-state index in [0.717, 1.165) is 25.7 Å². The van der Waals surface area contributed by atoms with Crippen LogP contribution in [0.3, 0.4) is 0 Å². The second-order valence-corrected chi connectivity index (χ2v) is 5.59. The van der Waals surface area contributed by atoms with Crippen LogP contribution in [0.1, 0.15) is 38.2 Å². The second kappa shape index (κ2) is 6.22. The molecule has 1 aromatic rings. The Morgan fingerprint density at radius 3 is 2.55 bits per heavy atom. The van der Waals surface area contributed by atoms with E-state index in [1.165, 1.54) is 24.3 Å². The van der Waals surface area contributed by atoms with Crippen LogP contribution in [-0.4, -0.2) is 23.7 Å². The van der Waals surface area contributed by atoms with Crippen LogP contribution in [0.25, 0.3) is 0 Å². The smallest absolute Gasteiger partial charge is 0.315 e. The van der Waals surface area contributed by atoms with E-state index in [-0.39, 0.29) is 24.4 Å². The van der Waals surface area contributed by atoms with E-state index in [0.29, 0.717) is 5.56 Å². The minimum Gasteiger partial charge on any atom is -0.384 e. The lowest BCUT2D eigenvalue weighted by Gasteiger charge is -2.25. The maximum atomic E-state index is 12.9. The van der Waals surface area contributed by atoms with Gasteiger partial charge in [-0.25, -0.2) is 9.18 Å². The first-order valence-corrected chi connectivity index (χ1v) is 7.00. The van der Waals surface area contributed by atoms with Crippen LogP contribution >= 0.6 is 0 Å². The molecule has 2 amide bonds. The van der Waals surface area contributed by atoms with Crippen LogP contribution in [0.4, 0.5) is 9.18 Å². The normalized spacial score (nSPS) is 18.6. The van der Waals surface area contributed by atoms with E-state index in [4.69, 9.17) is 0 Å². The molecule has 0 radical (unpaired) electrons. The molecule has 0 saturated heterocycles. The van der Waals surface area contributed by atoms with Crippen molar-refractivity contribution in [3.63, 3.8) is 0 Å². The molecule has 1 atom stereocenters. The van der Waals surface area contributed by atoms with Crippen molar-refractivity contribution in [1.29, 1.82) is 0 Å². The summed E-state index contributed by atoms with van der Waals surface area (Å²) in [4.78, 5) is 11.7. The van der Waals surface area contributed by atoms with Gasteiger partial charge in [-0.15, -0.1) is 0 Å². The summed E-state index contributed by atoms with van der Waals surface area (Å²) in [6, 6.07) is 5.60. The third kappa shape index (κ3) is 3.93. The van der Waals surface area contributed by atoms with Gasteiger partial charge < -0.3 is 15.7 Å². The summed E-state index contributed by atoms with van der Waals surface area (Å²) in [5.74, 6) is -0.350. The minimum atomic E-state index is -1.22. The molecule has 110 valence electrons. The number of amides is 2. The van der Waals surface area contributed by atoms with Crippen molar-refractivity contribution in [2.75, 3.05) is 6.54 Å². The van der Waals surface area contributed by atoms with Crippen LogP contribution < -0.4 is 10.6 Å². The van der Waals surface area contributed by atoms with Gasteiger partial charge in [-0.05, 0) is 37.5 Å². The van der Waals surface area contributed by atoms with Crippen molar-refractivity contribution in [1.82, 2.24) is 10.6 Å². The fourth-order valence-electron chi connectivity index (χ4n) is 2.47. The molecule has 4 nitrogen and oxygen atoms in total. The maximum Gasteiger partial charge on any atom is 0.315 e. The molecule has 3 N–H and O–H groups in total. The molecule has 0 heterocycles. The second-order valence-electron chi connectivity index (χ2n) is 5.59. The Morgan fingerprint density at radius 2 is 1.95 bits per heavy atom. The molecule has 0 aliphatic heterocycles. The van der Waals surface area contributed by atoms with Crippen LogP contribution in [0, 0.1) is 5.82 Å². The van der Waals surface area contributed by atoms with Gasteiger partial charge in [0.15, 0.2) is 0 Å². The number of benzene rings is 1. The highest BCUT2D eigenvalue weighted by Gasteiger charge is 2.24.